The lowest BCUT2D eigenvalue weighted by Gasteiger charge is -2.49. The highest BCUT2D eigenvalue weighted by Crippen LogP contribution is 2.35. The van der Waals surface area contributed by atoms with Crippen molar-refractivity contribution in [3.63, 3.8) is 0 Å². The van der Waals surface area contributed by atoms with Crippen LogP contribution < -0.4 is 0 Å². The Balaban J connectivity index is 1.73. The van der Waals surface area contributed by atoms with Crippen molar-refractivity contribution in [3.8, 4) is 0 Å². The predicted molar refractivity (Wildman–Crippen MR) is 227 cm³/mol. The number of aliphatic hydroxyl groups excluding tert-OH is 10. The topological polar surface area (TPSA) is 372 Å². The van der Waals surface area contributed by atoms with Gasteiger partial charge >= 0.3 is 23.9 Å². The second-order valence-corrected chi connectivity index (χ2v) is 16.7. The minimum absolute atomic E-state index is 0.151. The monoisotopic (exact) mass is 994 g/mol. The number of aliphatic hydroxyl groups is 10. The van der Waals surface area contributed by atoms with Gasteiger partial charge in [0.05, 0.1) is 0 Å². The summed E-state index contributed by atoms with van der Waals surface area (Å²) in [6.07, 6.45) is -33.5. The SMILES string of the molecule is CC=C(C)C(=O)OCC1OC(OC2C(OC3OC(COC(=O)C(C)=CC)C(O)C(O)C3OC3OC(COC(=O)C(C)=CC)C(O)C(O)C3O)OC(COC(=O)C(C)=CC)C(O)C2O)C(O)C(O)C1O. The molecule has 25 heteroatoms. The molecular weight excluding hydrogens is 928 g/mol. The fourth-order valence-electron chi connectivity index (χ4n) is 6.93. The summed E-state index contributed by atoms with van der Waals surface area (Å²) in [7, 11) is 0. The van der Waals surface area contributed by atoms with E-state index < -0.39 is 173 Å². The Bertz CT molecular complexity index is 1740. The first-order valence-electron chi connectivity index (χ1n) is 22.1. The van der Waals surface area contributed by atoms with Gasteiger partial charge in [-0.1, -0.05) is 24.3 Å². The molecule has 20 unspecified atom stereocenters. The van der Waals surface area contributed by atoms with Crippen molar-refractivity contribution in [2.75, 3.05) is 26.4 Å². The largest absolute Gasteiger partial charge is 0.459 e. The Morgan fingerprint density at radius 2 is 0.580 bits per heavy atom. The molecule has 20 atom stereocenters. The minimum Gasteiger partial charge on any atom is -0.459 e. The summed E-state index contributed by atoms with van der Waals surface area (Å²) in [5.74, 6) is -3.33. The number of allylic oxidation sites excluding steroid dienone is 4. The minimum atomic E-state index is -2.16. The Morgan fingerprint density at radius 3 is 0.826 bits per heavy atom. The quantitative estimate of drug-likeness (QED) is 0.0359. The third-order valence-electron chi connectivity index (χ3n) is 12.0. The number of esters is 4. The molecule has 25 nitrogen and oxygen atoms in total. The molecule has 0 aromatic heterocycles. The van der Waals surface area contributed by atoms with E-state index in [1.807, 2.05) is 0 Å². The lowest BCUT2D eigenvalue weighted by molar-refractivity contribution is -0.414. The molecule has 0 aromatic carbocycles. The lowest BCUT2D eigenvalue weighted by atomic mass is 9.96. The molecule has 0 radical (unpaired) electrons. The van der Waals surface area contributed by atoms with Crippen molar-refractivity contribution in [3.05, 3.63) is 46.6 Å². The molecule has 0 amide bonds. The summed E-state index contributed by atoms with van der Waals surface area (Å²) in [6, 6.07) is 0. The van der Waals surface area contributed by atoms with E-state index in [0.29, 0.717) is 0 Å². The molecule has 0 saturated carbocycles. The first-order chi connectivity index (χ1) is 32.5. The van der Waals surface area contributed by atoms with Crippen LogP contribution in [0, 0.1) is 0 Å². The molecular formula is C44H66O25. The Morgan fingerprint density at radius 1 is 0.348 bits per heavy atom. The van der Waals surface area contributed by atoms with Gasteiger partial charge in [-0.25, -0.2) is 19.2 Å². The zero-order chi connectivity index (χ0) is 51.6. The summed E-state index contributed by atoms with van der Waals surface area (Å²) in [6.45, 7) is 9.13. The number of hydrogen-bond acceptors (Lipinski definition) is 25. The van der Waals surface area contributed by atoms with Crippen molar-refractivity contribution in [1.82, 2.24) is 0 Å². The molecule has 4 aliphatic heterocycles. The average Bonchev–Trinajstić information content (AvgIpc) is 3.34. The van der Waals surface area contributed by atoms with Gasteiger partial charge in [0.1, 0.15) is 124 Å². The molecule has 0 aliphatic carbocycles. The maximum atomic E-state index is 12.6. The zero-order valence-electron chi connectivity index (χ0n) is 39.3. The number of carbonyl (C=O) groups excluding carboxylic acids is 4. The Labute approximate surface area is 396 Å². The van der Waals surface area contributed by atoms with E-state index in [4.69, 9.17) is 52.1 Å². The van der Waals surface area contributed by atoms with E-state index in [2.05, 4.69) is 0 Å². The van der Waals surface area contributed by atoms with Gasteiger partial charge in [-0.15, -0.1) is 0 Å². The molecule has 4 heterocycles. The second kappa shape index (κ2) is 26.0. The number of rotatable bonds is 18. The fraction of sp³-hybridized carbons (Fsp3) is 0.727. The molecule has 4 rings (SSSR count). The van der Waals surface area contributed by atoms with Crippen LogP contribution in [0.4, 0.5) is 0 Å². The van der Waals surface area contributed by atoms with Crippen LogP contribution in [0.5, 0.6) is 0 Å². The normalized spacial score (nSPS) is 39.3. The smallest absolute Gasteiger partial charge is 0.333 e. The van der Waals surface area contributed by atoms with Gasteiger partial charge in [0.15, 0.2) is 25.2 Å². The van der Waals surface area contributed by atoms with Gasteiger partial charge in [0.2, 0.25) is 0 Å². The molecule has 69 heavy (non-hydrogen) atoms. The highest BCUT2D eigenvalue weighted by Gasteiger charge is 2.56. The maximum absolute atomic E-state index is 12.6. The standard InChI is InChI=1S/C44H66O25/c1-9-17(5)37(55)59-13-21-25(45)29(49)33(53)41(63-21)67-35-31(51)27(47)23(15-61-39(57)19(7)11-3)65-43(35)69-44-36(32(52)28(48)24(66-44)16-62-40(58)20(8)12-4)68-42-34(54)30(50)26(46)22(64-42)14-60-38(56)18(6)10-2/h9-12,21-36,41-54H,13-16H2,1-8H3. The van der Waals surface area contributed by atoms with E-state index in [9.17, 15) is 70.2 Å². The summed E-state index contributed by atoms with van der Waals surface area (Å²) in [4.78, 5) is 50.1. The number of ether oxygens (including phenoxy) is 11. The van der Waals surface area contributed by atoms with Crippen LogP contribution in [0.15, 0.2) is 46.6 Å². The third-order valence-corrected chi connectivity index (χ3v) is 12.0. The molecule has 0 bridgehead atoms. The fourth-order valence-corrected chi connectivity index (χ4v) is 6.93. The molecule has 4 aliphatic rings. The lowest BCUT2D eigenvalue weighted by Crippen LogP contribution is -2.67. The molecule has 392 valence electrons. The van der Waals surface area contributed by atoms with E-state index in [0.717, 1.165) is 0 Å². The average molecular weight is 995 g/mol. The van der Waals surface area contributed by atoms with Crippen LogP contribution in [0.1, 0.15) is 55.4 Å². The summed E-state index contributed by atoms with van der Waals surface area (Å²) < 4.78 is 62.3. The van der Waals surface area contributed by atoms with Crippen LogP contribution >= 0.6 is 0 Å². The summed E-state index contributed by atoms with van der Waals surface area (Å²) in [5, 5.41) is 111. The molecule has 10 N–H and O–H groups in total. The molecule has 4 fully saturated rings. The van der Waals surface area contributed by atoms with E-state index in [-0.39, 0.29) is 22.3 Å². The van der Waals surface area contributed by atoms with Crippen LogP contribution in [0.25, 0.3) is 0 Å². The van der Waals surface area contributed by atoms with Gasteiger partial charge in [-0.05, 0) is 55.4 Å². The summed E-state index contributed by atoms with van der Waals surface area (Å²) >= 11 is 0. The van der Waals surface area contributed by atoms with Gasteiger partial charge in [-0.3, -0.25) is 0 Å². The molecule has 4 saturated heterocycles. The van der Waals surface area contributed by atoms with E-state index in [1.165, 1.54) is 52.0 Å². The highest BCUT2D eigenvalue weighted by atomic mass is 16.8. The second-order valence-electron chi connectivity index (χ2n) is 16.7. The van der Waals surface area contributed by atoms with E-state index in [1.54, 1.807) is 27.7 Å². The number of hydrogen-bond donors (Lipinski definition) is 10. The van der Waals surface area contributed by atoms with Gasteiger partial charge < -0.3 is 103 Å². The Kier molecular flexibility index (Phi) is 21.8. The van der Waals surface area contributed by atoms with Crippen molar-refractivity contribution in [2.24, 2.45) is 0 Å². The van der Waals surface area contributed by atoms with Gasteiger partial charge in [0.25, 0.3) is 0 Å². The van der Waals surface area contributed by atoms with Crippen molar-refractivity contribution in [2.45, 2.75) is 178 Å². The Hall–Kier alpha value is -3.84. The predicted octanol–water partition coefficient (Wildman–Crippen LogP) is -3.68. The van der Waals surface area contributed by atoms with Crippen LogP contribution in [0.3, 0.4) is 0 Å². The summed E-state index contributed by atoms with van der Waals surface area (Å²) in [5.41, 5.74) is 0.668. The van der Waals surface area contributed by atoms with Gasteiger partial charge in [0, 0.05) is 22.3 Å². The molecule has 0 spiro atoms. The van der Waals surface area contributed by atoms with Crippen molar-refractivity contribution in [1.29, 1.82) is 0 Å². The highest BCUT2D eigenvalue weighted by molar-refractivity contribution is 5.88. The van der Waals surface area contributed by atoms with Crippen LogP contribution in [-0.2, 0) is 71.3 Å². The van der Waals surface area contributed by atoms with Crippen molar-refractivity contribution >= 4 is 23.9 Å². The first-order valence-corrected chi connectivity index (χ1v) is 22.1. The number of carbonyl (C=O) groups is 4. The van der Waals surface area contributed by atoms with E-state index >= 15 is 0 Å². The van der Waals surface area contributed by atoms with Gasteiger partial charge in [-0.2, -0.15) is 0 Å². The zero-order valence-corrected chi connectivity index (χ0v) is 39.3. The third kappa shape index (κ3) is 14.2. The van der Waals surface area contributed by atoms with Crippen LogP contribution in [-0.4, -0.2) is 224 Å². The molecule has 0 aromatic rings. The first kappa shape index (κ1) is 57.7. The maximum Gasteiger partial charge on any atom is 0.333 e. The van der Waals surface area contributed by atoms with Crippen LogP contribution in [0.2, 0.25) is 0 Å². The van der Waals surface area contributed by atoms with Crippen molar-refractivity contribution < 1.29 is 122 Å².